The molecule has 2 aliphatic heterocycles. The Bertz CT molecular complexity index is 856. The van der Waals surface area contributed by atoms with Gasteiger partial charge in [0, 0.05) is 30.0 Å². The van der Waals surface area contributed by atoms with Gasteiger partial charge in [-0.1, -0.05) is 26.0 Å². The van der Waals surface area contributed by atoms with Crippen LogP contribution in [-0.4, -0.2) is 32.2 Å². The van der Waals surface area contributed by atoms with Crippen molar-refractivity contribution in [3.63, 3.8) is 0 Å². The van der Waals surface area contributed by atoms with Crippen molar-refractivity contribution in [3.8, 4) is 0 Å². The van der Waals surface area contributed by atoms with Crippen LogP contribution in [-0.2, 0) is 10.2 Å². The van der Waals surface area contributed by atoms with Crippen molar-refractivity contribution in [2.45, 2.75) is 31.7 Å². The maximum atomic E-state index is 11.6. The Balaban J connectivity index is 1.63. The van der Waals surface area contributed by atoms with Gasteiger partial charge in [0.05, 0.1) is 19.3 Å². The highest BCUT2D eigenvalue weighted by Crippen LogP contribution is 2.44. The molecule has 2 aromatic rings. The normalized spacial score (nSPS) is 21.3. The van der Waals surface area contributed by atoms with Crippen molar-refractivity contribution in [1.29, 1.82) is 0 Å². The average Bonchev–Trinajstić information content (AvgIpc) is 2.68. The summed E-state index contributed by atoms with van der Waals surface area (Å²) in [6.45, 7) is 7.91. The lowest BCUT2D eigenvalue weighted by molar-refractivity contribution is 0.1000. The number of nitrogens with two attached hydrogens (primary N) is 1. The van der Waals surface area contributed by atoms with Crippen LogP contribution in [0.1, 0.15) is 47.8 Å². The summed E-state index contributed by atoms with van der Waals surface area (Å²) in [6, 6.07) is 14.8. The number of fused-ring (bicyclic) bond motifs is 1. The number of anilines is 2. The summed E-state index contributed by atoms with van der Waals surface area (Å²) in [5.41, 5.74) is 10.8. The molecule has 2 aromatic carbocycles. The number of carbonyl (C=O) groups excluding carboxylic acids is 1. The van der Waals surface area contributed by atoms with E-state index in [0.717, 1.165) is 44.0 Å². The third-order valence-corrected chi connectivity index (χ3v) is 5.73. The van der Waals surface area contributed by atoms with Crippen LogP contribution >= 0.6 is 0 Å². The zero-order chi connectivity index (χ0) is 19.0. The third-order valence-electron chi connectivity index (χ3n) is 5.73. The van der Waals surface area contributed by atoms with E-state index in [4.69, 9.17) is 10.5 Å². The highest BCUT2D eigenvalue weighted by atomic mass is 16.5. The first-order valence-corrected chi connectivity index (χ1v) is 9.57. The second-order valence-corrected chi connectivity index (χ2v) is 8.10. The minimum absolute atomic E-state index is 0.0499. The number of rotatable bonds is 3. The number of amides is 1. The van der Waals surface area contributed by atoms with Gasteiger partial charge in [0.15, 0.2) is 0 Å². The van der Waals surface area contributed by atoms with Crippen molar-refractivity contribution >= 4 is 17.3 Å². The highest BCUT2D eigenvalue weighted by molar-refractivity contribution is 5.93. The molecule has 0 radical (unpaired) electrons. The van der Waals surface area contributed by atoms with Crippen LogP contribution in [0.4, 0.5) is 11.4 Å². The van der Waals surface area contributed by atoms with Crippen LogP contribution in [0.15, 0.2) is 42.5 Å². The van der Waals surface area contributed by atoms with Crippen LogP contribution in [0.5, 0.6) is 0 Å². The Labute approximate surface area is 160 Å². The van der Waals surface area contributed by atoms with Gasteiger partial charge in [0.1, 0.15) is 0 Å². The van der Waals surface area contributed by atoms with Gasteiger partial charge in [-0.15, -0.1) is 0 Å². The smallest absolute Gasteiger partial charge is 0.248 e. The minimum Gasteiger partial charge on any atom is -0.378 e. The number of nitrogens with one attached hydrogen (secondary N) is 1. The Kier molecular flexibility index (Phi) is 4.56. The van der Waals surface area contributed by atoms with Crippen LogP contribution in [0.2, 0.25) is 0 Å². The number of hydrogen-bond donors (Lipinski definition) is 2. The minimum atomic E-state index is -0.381. The van der Waals surface area contributed by atoms with E-state index in [0.29, 0.717) is 5.56 Å². The van der Waals surface area contributed by atoms with E-state index in [2.05, 4.69) is 48.3 Å². The van der Waals surface area contributed by atoms with Gasteiger partial charge < -0.3 is 20.7 Å². The zero-order valence-electron chi connectivity index (χ0n) is 16.0. The lowest BCUT2D eigenvalue weighted by atomic mass is 9.73. The fourth-order valence-electron chi connectivity index (χ4n) is 4.20. The molecule has 27 heavy (non-hydrogen) atoms. The largest absolute Gasteiger partial charge is 0.378 e. The van der Waals surface area contributed by atoms with Gasteiger partial charge in [-0.3, -0.25) is 4.79 Å². The van der Waals surface area contributed by atoms with Crippen LogP contribution < -0.4 is 16.0 Å². The summed E-state index contributed by atoms with van der Waals surface area (Å²) in [7, 11) is 0. The van der Waals surface area contributed by atoms with Crippen molar-refractivity contribution in [2.75, 3.05) is 36.5 Å². The number of benzene rings is 2. The van der Waals surface area contributed by atoms with Gasteiger partial charge in [-0.25, -0.2) is 0 Å². The Morgan fingerprint density at radius 3 is 2.70 bits per heavy atom. The SMILES string of the molecule is CC1(C)CC(c2cccc(N3CCOCC3)c2)Nc2ccc(C(N)=O)cc21. The Hall–Kier alpha value is -2.53. The molecule has 1 fully saturated rings. The molecule has 1 unspecified atom stereocenters. The fraction of sp³-hybridized carbons (Fsp3) is 0.409. The number of nitrogens with zero attached hydrogens (tertiary/aromatic N) is 1. The van der Waals surface area contributed by atoms with Crippen molar-refractivity contribution in [3.05, 3.63) is 59.2 Å². The van der Waals surface area contributed by atoms with E-state index in [1.807, 2.05) is 12.1 Å². The molecule has 5 nitrogen and oxygen atoms in total. The van der Waals surface area contributed by atoms with Gasteiger partial charge in [0.25, 0.3) is 0 Å². The zero-order valence-corrected chi connectivity index (χ0v) is 16.0. The van der Waals surface area contributed by atoms with E-state index in [-0.39, 0.29) is 17.4 Å². The van der Waals surface area contributed by atoms with Crippen molar-refractivity contribution in [2.24, 2.45) is 5.73 Å². The molecule has 0 saturated carbocycles. The number of hydrogen-bond acceptors (Lipinski definition) is 4. The quantitative estimate of drug-likeness (QED) is 0.874. The molecule has 4 rings (SSSR count). The van der Waals surface area contributed by atoms with Crippen molar-refractivity contribution < 1.29 is 9.53 Å². The summed E-state index contributed by atoms with van der Waals surface area (Å²) in [6.07, 6.45) is 0.953. The Morgan fingerprint density at radius 2 is 1.96 bits per heavy atom. The van der Waals surface area contributed by atoms with E-state index in [1.165, 1.54) is 11.3 Å². The van der Waals surface area contributed by atoms with Crippen LogP contribution in [0, 0.1) is 0 Å². The summed E-state index contributed by atoms with van der Waals surface area (Å²) < 4.78 is 5.47. The van der Waals surface area contributed by atoms with E-state index in [1.54, 1.807) is 6.07 Å². The summed E-state index contributed by atoms with van der Waals surface area (Å²) in [5, 5.41) is 3.67. The first-order valence-electron chi connectivity index (χ1n) is 9.57. The monoisotopic (exact) mass is 365 g/mol. The molecule has 0 aliphatic carbocycles. The van der Waals surface area contributed by atoms with Gasteiger partial charge in [-0.2, -0.15) is 0 Å². The topological polar surface area (TPSA) is 67.6 Å². The molecule has 3 N–H and O–H groups in total. The second kappa shape index (κ2) is 6.89. The second-order valence-electron chi connectivity index (χ2n) is 8.10. The molecule has 1 amide bonds. The molecular weight excluding hydrogens is 338 g/mol. The maximum Gasteiger partial charge on any atom is 0.248 e. The molecule has 1 atom stereocenters. The van der Waals surface area contributed by atoms with E-state index >= 15 is 0 Å². The Morgan fingerprint density at radius 1 is 1.19 bits per heavy atom. The number of morpholine rings is 1. The van der Waals surface area contributed by atoms with E-state index in [9.17, 15) is 4.79 Å². The average molecular weight is 365 g/mol. The molecule has 5 heteroatoms. The van der Waals surface area contributed by atoms with Gasteiger partial charge >= 0.3 is 0 Å². The first kappa shape index (κ1) is 17.9. The summed E-state index contributed by atoms with van der Waals surface area (Å²) in [5.74, 6) is -0.381. The molecule has 2 aliphatic rings. The predicted molar refractivity (Wildman–Crippen MR) is 108 cm³/mol. The lowest BCUT2D eigenvalue weighted by Crippen LogP contribution is -2.36. The fourth-order valence-corrected chi connectivity index (χ4v) is 4.20. The standard InChI is InChI=1S/C22H27N3O2/c1-22(2)14-20(24-19-7-6-16(21(23)26)13-18(19)22)15-4-3-5-17(12-15)25-8-10-27-11-9-25/h3-7,12-13,20,24H,8-11,14H2,1-2H3,(H2,23,26). The number of carbonyl (C=O) groups is 1. The van der Waals surface area contributed by atoms with Crippen LogP contribution in [0.25, 0.3) is 0 Å². The maximum absolute atomic E-state index is 11.6. The molecule has 2 heterocycles. The molecule has 1 saturated heterocycles. The van der Waals surface area contributed by atoms with E-state index < -0.39 is 0 Å². The molecule has 142 valence electrons. The molecular formula is C22H27N3O2. The summed E-state index contributed by atoms with van der Waals surface area (Å²) in [4.78, 5) is 13.9. The van der Waals surface area contributed by atoms with Crippen molar-refractivity contribution in [1.82, 2.24) is 0 Å². The van der Waals surface area contributed by atoms with Crippen LogP contribution in [0.3, 0.4) is 0 Å². The molecule has 0 spiro atoms. The molecule has 0 aromatic heterocycles. The predicted octanol–water partition coefficient (Wildman–Crippen LogP) is 3.46. The lowest BCUT2D eigenvalue weighted by Gasteiger charge is -2.39. The molecule has 0 bridgehead atoms. The first-order chi connectivity index (χ1) is 12.9. The number of primary amides is 1. The van der Waals surface area contributed by atoms with Gasteiger partial charge in [-0.05, 0) is 53.3 Å². The highest BCUT2D eigenvalue weighted by Gasteiger charge is 2.34. The summed E-state index contributed by atoms with van der Waals surface area (Å²) >= 11 is 0. The van der Waals surface area contributed by atoms with Gasteiger partial charge in [0.2, 0.25) is 5.91 Å². The third kappa shape index (κ3) is 3.52. The number of ether oxygens (including phenoxy) is 1.